The number of hydrogen-bond acceptors (Lipinski definition) is 6. The lowest BCUT2D eigenvalue weighted by Gasteiger charge is -2.28. The van der Waals surface area contributed by atoms with E-state index in [9.17, 15) is 10.1 Å². The molecule has 0 saturated carbocycles. The summed E-state index contributed by atoms with van der Waals surface area (Å²) in [5.41, 5.74) is 4.21. The van der Waals surface area contributed by atoms with Gasteiger partial charge in [-0.05, 0) is 12.1 Å². The zero-order chi connectivity index (χ0) is 13.9. The summed E-state index contributed by atoms with van der Waals surface area (Å²) in [6, 6.07) is 5.02. The van der Waals surface area contributed by atoms with Crippen molar-refractivity contribution >= 4 is 22.1 Å². The number of anilines is 1. The lowest BCUT2D eigenvalue weighted by molar-refractivity contribution is -0.383. The molecule has 1 N–H and O–H groups in total. The number of hydrogen-bond donors (Lipinski definition) is 1. The number of nitrogens with zero attached hydrogens (tertiary/aromatic N) is 3. The van der Waals surface area contributed by atoms with E-state index < -0.39 is 0 Å². The molecular formula is C13H14N4O3. The molecule has 0 atom stereocenters. The first-order valence-electron chi connectivity index (χ1n) is 6.36. The van der Waals surface area contributed by atoms with Crippen LogP contribution in [0.3, 0.4) is 0 Å². The van der Waals surface area contributed by atoms with E-state index in [1.807, 2.05) is 5.01 Å². The largest absolute Gasteiger partial charge is 0.379 e. The summed E-state index contributed by atoms with van der Waals surface area (Å²) in [5, 5.41) is 14.4. The Kier molecular flexibility index (Phi) is 3.44. The van der Waals surface area contributed by atoms with Gasteiger partial charge in [0.1, 0.15) is 0 Å². The fraction of sp³-hybridized carbons (Fsp3) is 0.308. The molecule has 0 bridgehead atoms. The normalized spacial score (nSPS) is 16.2. The molecule has 20 heavy (non-hydrogen) atoms. The molecule has 2 heterocycles. The van der Waals surface area contributed by atoms with Crippen molar-refractivity contribution in [2.24, 2.45) is 0 Å². The number of pyridine rings is 1. The third-order valence-electron chi connectivity index (χ3n) is 3.28. The minimum atomic E-state index is -0.386. The molecule has 1 aliphatic heterocycles. The van der Waals surface area contributed by atoms with Crippen molar-refractivity contribution in [2.45, 2.75) is 0 Å². The zero-order valence-electron chi connectivity index (χ0n) is 10.8. The van der Waals surface area contributed by atoms with Crippen molar-refractivity contribution in [3.8, 4) is 0 Å². The Balaban J connectivity index is 1.99. The number of ether oxygens (including phenoxy) is 1. The molecule has 0 aliphatic carbocycles. The molecule has 0 unspecified atom stereocenters. The van der Waals surface area contributed by atoms with E-state index in [4.69, 9.17) is 4.74 Å². The van der Waals surface area contributed by atoms with Crippen LogP contribution in [-0.4, -0.2) is 41.2 Å². The second-order valence-electron chi connectivity index (χ2n) is 4.52. The van der Waals surface area contributed by atoms with Crippen molar-refractivity contribution in [1.82, 2.24) is 9.99 Å². The molecule has 1 aliphatic rings. The Bertz CT molecular complexity index is 641. The number of non-ortho nitro benzene ring substituents is 1. The maximum Gasteiger partial charge on any atom is 0.278 e. The van der Waals surface area contributed by atoms with E-state index in [0.29, 0.717) is 18.6 Å². The molecule has 1 aromatic carbocycles. The number of hydrazine groups is 1. The number of nitrogens with one attached hydrogen (secondary N) is 1. The summed E-state index contributed by atoms with van der Waals surface area (Å²) in [4.78, 5) is 14.6. The van der Waals surface area contributed by atoms with Crippen LogP contribution in [0, 0.1) is 10.1 Å². The van der Waals surface area contributed by atoms with Crippen LogP contribution in [0.15, 0.2) is 30.6 Å². The predicted molar refractivity (Wildman–Crippen MR) is 74.4 cm³/mol. The van der Waals surface area contributed by atoms with Gasteiger partial charge in [0.05, 0.1) is 29.2 Å². The molecule has 0 spiro atoms. The molecule has 1 aromatic heterocycles. The fourth-order valence-electron chi connectivity index (χ4n) is 2.28. The highest BCUT2D eigenvalue weighted by Crippen LogP contribution is 2.30. The highest BCUT2D eigenvalue weighted by atomic mass is 16.6. The smallest absolute Gasteiger partial charge is 0.278 e. The van der Waals surface area contributed by atoms with E-state index in [0.717, 1.165) is 24.2 Å². The van der Waals surface area contributed by atoms with Gasteiger partial charge in [-0.15, -0.1) is 0 Å². The fourth-order valence-corrected chi connectivity index (χ4v) is 2.28. The molecule has 7 heteroatoms. The van der Waals surface area contributed by atoms with Gasteiger partial charge in [-0.2, -0.15) is 0 Å². The first-order valence-corrected chi connectivity index (χ1v) is 6.36. The van der Waals surface area contributed by atoms with E-state index in [2.05, 4.69) is 10.4 Å². The van der Waals surface area contributed by atoms with Crippen molar-refractivity contribution < 1.29 is 9.66 Å². The first kappa shape index (κ1) is 12.8. The van der Waals surface area contributed by atoms with Gasteiger partial charge in [-0.3, -0.25) is 15.1 Å². The van der Waals surface area contributed by atoms with E-state index in [1.165, 1.54) is 12.3 Å². The average molecular weight is 274 g/mol. The lowest BCUT2D eigenvalue weighted by atomic mass is 10.1. The van der Waals surface area contributed by atoms with E-state index >= 15 is 0 Å². The Hall–Kier alpha value is -2.25. The summed E-state index contributed by atoms with van der Waals surface area (Å²) in [6.07, 6.45) is 3.16. The number of morpholine rings is 1. The zero-order valence-corrected chi connectivity index (χ0v) is 10.8. The number of benzene rings is 1. The number of aromatic nitrogens is 1. The van der Waals surface area contributed by atoms with Crippen molar-refractivity contribution in [3.05, 3.63) is 40.7 Å². The summed E-state index contributed by atoms with van der Waals surface area (Å²) < 4.78 is 5.29. The number of rotatable bonds is 3. The standard InChI is InChI=1S/C13H14N4O3/c18-17(19)13-2-1-12(10-3-4-14-9-11(10)13)15-16-5-7-20-8-6-16/h1-4,9,15H,5-8H2. The molecule has 104 valence electrons. The lowest BCUT2D eigenvalue weighted by Crippen LogP contribution is -2.40. The topological polar surface area (TPSA) is 80.5 Å². The maximum atomic E-state index is 11.0. The quantitative estimate of drug-likeness (QED) is 0.679. The summed E-state index contributed by atoms with van der Waals surface area (Å²) in [5.74, 6) is 0. The van der Waals surface area contributed by atoms with Crippen LogP contribution in [0.1, 0.15) is 0 Å². The molecule has 1 fully saturated rings. The van der Waals surface area contributed by atoms with Crippen molar-refractivity contribution in [3.63, 3.8) is 0 Å². The maximum absolute atomic E-state index is 11.0. The van der Waals surface area contributed by atoms with E-state index in [-0.39, 0.29) is 10.6 Å². The molecular weight excluding hydrogens is 260 g/mol. The minimum absolute atomic E-state index is 0.0700. The van der Waals surface area contributed by atoms with Crippen LogP contribution in [-0.2, 0) is 4.74 Å². The molecule has 0 amide bonds. The SMILES string of the molecule is O=[N+]([O-])c1ccc(NN2CCOCC2)c2ccncc12. The van der Waals surface area contributed by atoms with Gasteiger partial charge in [0, 0.05) is 36.9 Å². The molecule has 1 saturated heterocycles. The minimum Gasteiger partial charge on any atom is -0.379 e. The molecule has 0 radical (unpaired) electrons. The Morgan fingerprint density at radius 1 is 1.25 bits per heavy atom. The van der Waals surface area contributed by atoms with Gasteiger partial charge in [0.25, 0.3) is 5.69 Å². The van der Waals surface area contributed by atoms with Gasteiger partial charge in [-0.25, -0.2) is 5.01 Å². The van der Waals surface area contributed by atoms with Gasteiger partial charge >= 0.3 is 0 Å². The van der Waals surface area contributed by atoms with Crippen molar-refractivity contribution in [2.75, 3.05) is 31.7 Å². The van der Waals surface area contributed by atoms with Crippen LogP contribution >= 0.6 is 0 Å². The first-order chi connectivity index (χ1) is 9.75. The summed E-state index contributed by atoms with van der Waals surface area (Å²) in [6.45, 7) is 2.92. The van der Waals surface area contributed by atoms with Gasteiger partial charge < -0.3 is 10.2 Å². The van der Waals surface area contributed by atoms with Gasteiger partial charge in [-0.1, -0.05) is 0 Å². The molecule has 7 nitrogen and oxygen atoms in total. The van der Waals surface area contributed by atoms with Gasteiger partial charge in [0.15, 0.2) is 0 Å². The second kappa shape index (κ2) is 5.40. The van der Waals surface area contributed by atoms with Gasteiger partial charge in [0.2, 0.25) is 0 Å². The third-order valence-corrected chi connectivity index (χ3v) is 3.28. The Labute approximate surface area is 115 Å². The highest BCUT2D eigenvalue weighted by Gasteiger charge is 2.16. The molecule has 2 aromatic rings. The highest BCUT2D eigenvalue weighted by molar-refractivity contribution is 5.98. The monoisotopic (exact) mass is 274 g/mol. The van der Waals surface area contributed by atoms with Crippen LogP contribution in [0.5, 0.6) is 0 Å². The van der Waals surface area contributed by atoms with Crippen LogP contribution in [0.4, 0.5) is 11.4 Å². The number of fused-ring (bicyclic) bond motifs is 1. The Morgan fingerprint density at radius 3 is 2.80 bits per heavy atom. The predicted octanol–water partition coefficient (Wildman–Crippen LogP) is 1.80. The summed E-state index contributed by atoms with van der Waals surface area (Å²) in [7, 11) is 0. The van der Waals surface area contributed by atoms with Crippen LogP contribution in [0.2, 0.25) is 0 Å². The molecule has 3 rings (SSSR count). The Morgan fingerprint density at radius 2 is 2.05 bits per heavy atom. The van der Waals surface area contributed by atoms with Crippen LogP contribution < -0.4 is 5.43 Å². The van der Waals surface area contributed by atoms with Crippen molar-refractivity contribution in [1.29, 1.82) is 0 Å². The summed E-state index contributed by atoms with van der Waals surface area (Å²) >= 11 is 0. The second-order valence-corrected chi connectivity index (χ2v) is 4.52. The third kappa shape index (κ3) is 2.40. The average Bonchev–Trinajstić information content (AvgIpc) is 2.48. The number of nitro groups is 1. The van der Waals surface area contributed by atoms with Crippen LogP contribution in [0.25, 0.3) is 10.8 Å². The van der Waals surface area contributed by atoms with E-state index in [1.54, 1.807) is 18.3 Å². The number of nitro benzene ring substituents is 1.